The lowest BCUT2D eigenvalue weighted by atomic mass is 10.1. The SMILES string of the molecule is O=P(O)(O)OP(=O)(O)OC[C@H]1O[C@@H](n2cnc3c(NCCc4ccccc4)ncnc32)[C@H](O)[C@@H]1O. The van der Waals surface area contributed by atoms with E-state index in [1.165, 1.54) is 17.2 Å². The average molecular weight is 531 g/mol. The molecule has 2 aromatic heterocycles. The molecule has 6 N–H and O–H groups in total. The standard InChI is InChI=1S/C18H23N5O10P2/c24-14-12(8-31-35(29,30)33-34(26,27)28)32-18(15(14)25)23-10-22-13-16(20-9-21-17(13)23)19-7-6-11-4-2-1-3-5-11/h1-5,9-10,12,14-15,18,24-25H,6-8H2,(H,29,30)(H,19,20,21)(H2,26,27,28)/t12-,14-,15-,18-/m1/s1. The number of nitrogens with zero attached hydrogens (tertiary/aromatic N) is 4. The van der Waals surface area contributed by atoms with Crippen LogP contribution in [0.2, 0.25) is 0 Å². The summed E-state index contributed by atoms with van der Waals surface area (Å²) in [7, 11) is -10.5. The maximum absolute atomic E-state index is 11.7. The van der Waals surface area contributed by atoms with E-state index in [-0.39, 0.29) is 5.65 Å². The third-order valence-electron chi connectivity index (χ3n) is 5.13. The van der Waals surface area contributed by atoms with Crippen molar-refractivity contribution in [1.29, 1.82) is 0 Å². The number of aliphatic hydroxyl groups excluding tert-OH is 2. The molecule has 0 bridgehead atoms. The van der Waals surface area contributed by atoms with E-state index < -0.39 is 46.8 Å². The second kappa shape index (κ2) is 10.4. The van der Waals surface area contributed by atoms with Crippen molar-refractivity contribution in [2.45, 2.75) is 31.0 Å². The summed E-state index contributed by atoms with van der Waals surface area (Å²) in [4.78, 5) is 39.4. The van der Waals surface area contributed by atoms with Crippen LogP contribution in [-0.4, -0.2) is 75.9 Å². The first-order valence-electron chi connectivity index (χ1n) is 10.3. The molecule has 0 spiro atoms. The molecular formula is C18H23N5O10P2. The molecule has 0 amide bonds. The van der Waals surface area contributed by atoms with Crippen molar-refractivity contribution in [3.63, 3.8) is 0 Å². The lowest BCUT2D eigenvalue weighted by molar-refractivity contribution is -0.0503. The van der Waals surface area contributed by atoms with Gasteiger partial charge in [0.2, 0.25) is 0 Å². The molecule has 3 heterocycles. The van der Waals surface area contributed by atoms with Gasteiger partial charge in [-0.25, -0.2) is 24.1 Å². The van der Waals surface area contributed by atoms with Crippen molar-refractivity contribution in [1.82, 2.24) is 19.5 Å². The zero-order valence-corrected chi connectivity index (χ0v) is 19.7. The molecule has 15 nitrogen and oxygen atoms in total. The number of hydrogen-bond acceptors (Lipinski definition) is 11. The number of fused-ring (bicyclic) bond motifs is 1. The molecule has 1 fully saturated rings. The maximum atomic E-state index is 11.7. The third kappa shape index (κ3) is 6.29. The summed E-state index contributed by atoms with van der Waals surface area (Å²) >= 11 is 0. The van der Waals surface area contributed by atoms with Crippen LogP contribution in [0.25, 0.3) is 11.2 Å². The number of nitrogens with one attached hydrogen (secondary N) is 1. The molecule has 1 unspecified atom stereocenters. The van der Waals surface area contributed by atoms with Crippen LogP contribution in [0.5, 0.6) is 0 Å². The summed E-state index contributed by atoms with van der Waals surface area (Å²) in [6.45, 7) is -0.238. The van der Waals surface area contributed by atoms with Crippen LogP contribution < -0.4 is 5.32 Å². The molecule has 0 radical (unpaired) electrons. The van der Waals surface area contributed by atoms with E-state index >= 15 is 0 Å². The monoisotopic (exact) mass is 531 g/mol. The van der Waals surface area contributed by atoms with Gasteiger partial charge in [-0.2, -0.15) is 4.31 Å². The van der Waals surface area contributed by atoms with Crippen molar-refractivity contribution in [2.24, 2.45) is 0 Å². The predicted molar refractivity (Wildman–Crippen MR) is 119 cm³/mol. The van der Waals surface area contributed by atoms with Crippen molar-refractivity contribution >= 4 is 32.6 Å². The minimum absolute atomic E-state index is 0.290. The number of hydrogen-bond donors (Lipinski definition) is 6. The highest BCUT2D eigenvalue weighted by Crippen LogP contribution is 2.57. The van der Waals surface area contributed by atoms with Crippen LogP contribution in [0, 0.1) is 0 Å². The lowest BCUT2D eigenvalue weighted by Crippen LogP contribution is -2.33. The second-order valence-corrected chi connectivity index (χ2v) is 10.4. The molecule has 1 saturated heterocycles. The van der Waals surface area contributed by atoms with E-state index in [0.29, 0.717) is 17.9 Å². The Morgan fingerprint density at radius 1 is 1.06 bits per heavy atom. The molecule has 190 valence electrons. The summed E-state index contributed by atoms with van der Waals surface area (Å²) in [5.74, 6) is 0.452. The summed E-state index contributed by atoms with van der Waals surface area (Å²) in [6, 6.07) is 9.84. The van der Waals surface area contributed by atoms with Crippen LogP contribution >= 0.6 is 15.6 Å². The Kier molecular flexibility index (Phi) is 7.64. The van der Waals surface area contributed by atoms with E-state index in [0.717, 1.165) is 12.0 Å². The van der Waals surface area contributed by atoms with Gasteiger partial charge >= 0.3 is 15.6 Å². The molecule has 1 aliphatic rings. The Hall–Kier alpha value is -2.29. The smallest absolute Gasteiger partial charge is 0.387 e. The van der Waals surface area contributed by atoms with Crippen molar-refractivity contribution in [3.05, 3.63) is 48.5 Å². The molecule has 35 heavy (non-hydrogen) atoms. The Balaban J connectivity index is 1.44. The lowest BCUT2D eigenvalue weighted by Gasteiger charge is -2.17. The first-order chi connectivity index (χ1) is 16.5. The first kappa shape index (κ1) is 25.8. The summed E-state index contributed by atoms with van der Waals surface area (Å²) in [5.41, 5.74) is 1.82. The number of ether oxygens (including phenoxy) is 1. The van der Waals surface area contributed by atoms with Crippen molar-refractivity contribution in [3.8, 4) is 0 Å². The van der Waals surface area contributed by atoms with Gasteiger partial charge in [0, 0.05) is 6.54 Å². The zero-order chi connectivity index (χ0) is 25.2. The predicted octanol–water partition coefficient (Wildman–Crippen LogP) is 0.326. The molecular weight excluding hydrogens is 508 g/mol. The Labute approximate surface area is 198 Å². The van der Waals surface area contributed by atoms with E-state index in [2.05, 4.69) is 29.1 Å². The quantitative estimate of drug-likeness (QED) is 0.194. The fourth-order valence-electron chi connectivity index (χ4n) is 3.56. The van der Waals surface area contributed by atoms with E-state index in [1.54, 1.807) is 0 Å². The molecule has 3 aromatic rings. The van der Waals surface area contributed by atoms with Gasteiger partial charge in [-0.1, -0.05) is 30.3 Å². The minimum Gasteiger partial charge on any atom is -0.387 e. The van der Waals surface area contributed by atoms with Gasteiger partial charge in [0.25, 0.3) is 0 Å². The first-order valence-corrected chi connectivity index (χ1v) is 13.3. The van der Waals surface area contributed by atoms with Crippen LogP contribution in [-0.2, 0) is 29.1 Å². The van der Waals surface area contributed by atoms with Gasteiger partial charge in [0.1, 0.15) is 24.6 Å². The number of phosphoric ester groups is 1. The van der Waals surface area contributed by atoms with Gasteiger partial charge in [0.05, 0.1) is 12.9 Å². The molecule has 4 rings (SSSR count). The Morgan fingerprint density at radius 3 is 2.51 bits per heavy atom. The van der Waals surface area contributed by atoms with Crippen molar-refractivity contribution < 1.29 is 47.6 Å². The fourth-order valence-corrected chi connectivity index (χ4v) is 5.16. The van der Waals surface area contributed by atoms with E-state index in [9.17, 15) is 24.2 Å². The van der Waals surface area contributed by atoms with Gasteiger partial charge < -0.3 is 34.9 Å². The molecule has 5 atom stereocenters. The zero-order valence-electron chi connectivity index (χ0n) is 17.9. The molecule has 17 heteroatoms. The minimum atomic E-state index is -5.31. The van der Waals surface area contributed by atoms with Crippen LogP contribution in [0.4, 0.5) is 5.82 Å². The number of benzene rings is 1. The highest BCUT2D eigenvalue weighted by atomic mass is 31.3. The highest BCUT2D eigenvalue weighted by molar-refractivity contribution is 7.60. The highest BCUT2D eigenvalue weighted by Gasteiger charge is 2.46. The number of anilines is 1. The summed E-state index contributed by atoms with van der Waals surface area (Å²) in [6.07, 6.45) is -2.24. The van der Waals surface area contributed by atoms with Crippen LogP contribution in [0.3, 0.4) is 0 Å². The molecule has 1 aromatic carbocycles. The second-order valence-electron chi connectivity index (χ2n) is 7.59. The fraction of sp³-hybridized carbons (Fsp3) is 0.389. The van der Waals surface area contributed by atoms with Gasteiger partial charge in [0.15, 0.2) is 23.2 Å². The number of aromatic nitrogens is 4. The maximum Gasteiger partial charge on any atom is 0.481 e. The number of phosphoric acid groups is 2. The van der Waals surface area contributed by atoms with Gasteiger partial charge in [-0.15, -0.1) is 0 Å². The van der Waals surface area contributed by atoms with E-state index in [1.807, 2.05) is 30.3 Å². The van der Waals surface area contributed by atoms with Crippen LogP contribution in [0.1, 0.15) is 11.8 Å². The Bertz CT molecular complexity index is 1250. The topological polar surface area (TPSA) is 219 Å². The third-order valence-corrected chi connectivity index (χ3v) is 7.28. The van der Waals surface area contributed by atoms with Crippen LogP contribution in [0.15, 0.2) is 43.0 Å². The van der Waals surface area contributed by atoms with Gasteiger partial charge in [-0.05, 0) is 12.0 Å². The number of rotatable bonds is 10. The van der Waals surface area contributed by atoms with Crippen molar-refractivity contribution in [2.75, 3.05) is 18.5 Å². The molecule has 0 saturated carbocycles. The summed E-state index contributed by atoms with van der Waals surface area (Å²) in [5, 5.41) is 24.0. The summed E-state index contributed by atoms with van der Waals surface area (Å²) < 4.78 is 37.6. The van der Waals surface area contributed by atoms with Gasteiger partial charge in [-0.3, -0.25) is 9.09 Å². The number of imidazole rings is 1. The number of aliphatic hydroxyl groups is 2. The Morgan fingerprint density at radius 2 is 1.80 bits per heavy atom. The molecule has 0 aliphatic carbocycles. The normalized spacial score (nSPS) is 24.5. The molecule has 1 aliphatic heterocycles. The largest absolute Gasteiger partial charge is 0.481 e. The van der Waals surface area contributed by atoms with E-state index in [4.69, 9.17) is 14.5 Å². The average Bonchev–Trinajstić information content (AvgIpc) is 3.33.